The lowest BCUT2D eigenvalue weighted by atomic mass is 9.79. The molecule has 190 valence electrons. The summed E-state index contributed by atoms with van der Waals surface area (Å²) in [5.41, 5.74) is 10.2. The van der Waals surface area contributed by atoms with Crippen LogP contribution in [0.15, 0.2) is 77.9 Å². The van der Waals surface area contributed by atoms with Gasteiger partial charge in [0.2, 0.25) is 0 Å². The van der Waals surface area contributed by atoms with Gasteiger partial charge in [0.1, 0.15) is 11.6 Å². The number of rotatable bonds is 5. The highest BCUT2D eigenvalue weighted by Gasteiger charge is 2.43. The van der Waals surface area contributed by atoms with Crippen molar-refractivity contribution in [3.05, 3.63) is 111 Å². The Morgan fingerprint density at radius 3 is 2.08 bits per heavy atom. The first-order valence-electron chi connectivity index (χ1n) is 11.4. The minimum atomic E-state index is -0.612. The van der Waals surface area contributed by atoms with Crippen LogP contribution < -0.4 is 11.2 Å². The average Bonchev–Trinajstić information content (AvgIpc) is 2.88. The van der Waals surface area contributed by atoms with Crippen LogP contribution in [0.4, 0.5) is 14.5 Å². The van der Waals surface area contributed by atoms with E-state index in [1.54, 1.807) is 29.2 Å². The molecule has 3 atom stereocenters. The van der Waals surface area contributed by atoms with Crippen molar-refractivity contribution >= 4 is 34.6 Å². The highest BCUT2D eigenvalue weighted by molar-refractivity contribution is 7.80. The molecule has 11 heteroatoms. The molecule has 1 amide bonds. The van der Waals surface area contributed by atoms with Crippen molar-refractivity contribution in [3.63, 3.8) is 0 Å². The number of thiocarbonyl (C=S) groups is 1. The van der Waals surface area contributed by atoms with Gasteiger partial charge in [-0.2, -0.15) is 5.10 Å². The van der Waals surface area contributed by atoms with E-state index in [1.807, 2.05) is 6.92 Å². The maximum atomic E-state index is 14.0. The third kappa shape index (κ3) is 5.61. The van der Waals surface area contributed by atoms with E-state index in [1.165, 1.54) is 48.5 Å². The topological polar surface area (TPSA) is 114 Å². The Kier molecular flexibility index (Phi) is 7.53. The first-order valence-corrected chi connectivity index (χ1v) is 11.8. The van der Waals surface area contributed by atoms with Gasteiger partial charge in [0.05, 0.1) is 17.0 Å². The quantitative estimate of drug-likeness (QED) is 0.276. The number of nitrogens with one attached hydrogen (secondary N) is 1. The second-order valence-electron chi connectivity index (χ2n) is 8.65. The number of nitro benzene ring substituents is 1. The predicted molar refractivity (Wildman–Crippen MR) is 139 cm³/mol. The largest absolute Gasteiger partial charge is 0.375 e. The van der Waals surface area contributed by atoms with Gasteiger partial charge in [0, 0.05) is 35.7 Å². The van der Waals surface area contributed by atoms with Gasteiger partial charge in [0.15, 0.2) is 5.11 Å². The third-order valence-corrected chi connectivity index (χ3v) is 6.46. The van der Waals surface area contributed by atoms with Gasteiger partial charge in [0.25, 0.3) is 11.6 Å². The molecule has 1 heterocycles. The Balaban J connectivity index is 1.87. The second kappa shape index (κ2) is 10.8. The Bertz CT molecular complexity index is 1350. The monoisotopic (exact) mass is 523 g/mol. The number of nitrogens with zero attached hydrogens (tertiary/aromatic N) is 3. The van der Waals surface area contributed by atoms with E-state index >= 15 is 0 Å². The zero-order valence-corrected chi connectivity index (χ0v) is 20.5. The van der Waals surface area contributed by atoms with E-state index in [9.17, 15) is 23.7 Å². The van der Waals surface area contributed by atoms with Crippen molar-refractivity contribution in [1.29, 1.82) is 0 Å². The Morgan fingerprint density at radius 1 is 1.03 bits per heavy atom. The summed E-state index contributed by atoms with van der Waals surface area (Å²) in [5, 5.41) is 15.5. The number of nitrogens with two attached hydrogens (primary N) is 1. The van der Waals surface area contributed by atoms with Gasteiger partial charge in [-0.3, -0.25) is 20.3 Å². The number of carbonyl (C=O) groups excluding carboxylic acids is 1. The molecule has 0 aliphatic carbocycles. The van der Waals surface area contributed by atoms with Crippen LogP contribution in [0.1, 0.15) is 46.9 Å². The van der Waals surface area contributed by atoms with Crippen molar-refractivity contribution in [2.45, 2.75) is 25.4 Å². The number of likely N-dealkylation sites (tertiary alicyclic amines) is 1. The summed E-state index contributed by atoms with van der Waals surface area (Å²) >= 11 is 4.90. The standard InChI is InChI=1S/C26H23F2N5O3S/c1-15-22(30-31-26(29)37)14-23(16-2-8-19(27)9-3-16)32(24(15)17-4-10-20(28)11-5-17)25(34)18-6-12-21(13-7-18)33(35)36/h2-13,15,23-24H,14H2,1H3,(H3,29,31,37)/b30-22+. The number of hydrazone groups is 1. The lowest BCUT2D eigenvalue weighted by Crippen LogP contribution is -2.48. The summed E-state index contributed by atoms with van der Waals surface area (Å²) in [6, 6.07) is 15.7. The molecular weight excluding hydrogens is 500 g/mol. The number of halogens is 2. The molecule has 0 bridgehead atoms. The summed E-state index contributed by atoms with van der Waals surface area (Å²) in [6.07, 6.45) is 0.277. The number of piperidine rings is 1. The van der Waals surface area contributed by atoms with Crippen LogP contribution in [0.2, 0.25) is 0 Å². The lowest BCUT2D eigenvalue weighted by Gasteiger charge is -2.46. The molecule has 3 aromatic rings. The molecule has 8 nitrogen and oxygen atoms in total. The number of nitro groups is 1. The van der Waals surface area contributed by atoms with E-state index in [-0.39, 0.29) is 28.7 Å². The average molecular weight is 524 g/mol. The minimum Gasteiger partial charge on any atom is -0.375 e. The summed E-state index contributed by atoms with van der Waals surface area (Å²) in [4.78, 5) is 26.2. The Morgan fingerprint density at radius 2 is 1.57 bits per heavy atom. The van der Waals surface area contributed by atoms with Gasteiger partial charge < -0.3 is 10.6 Å². The molecule has 37 heavy (non-hydrogen) atoms. The fourth-order valence-corrected chi connectivity index (χ4v) is 4.63. The van der Waals surface area contributed by atoms with E-state index in [4.69, 9.17) is 18.0 Å². The van der Waals surface area contributed by atoms with E-state index in [0.717, 1.165) is 0 Å². The van der Waals surface area contributed by atoms with Crippen LogP contribution in [0.3, 0.4) is 0 Å². The fraction of sp³-hybridized carbons (Fsp3) is 0.192. The van der Waals surface area contributed by atoms with Crippen LogP contribution >= 0.6 is 12.2 Å². The van der Waals surface area contributed by atoms with Gasteiger partial charge in [-0.05, 0) is 59.7 Å². The number of hydrogen-bond donors (Lipinski definition) is 2. The molecule has 3 aromatic carbocycles. The predicted octanol–water partition coefficient (Wildman–Crippen LogP) is 5.03. The molecule has 3 unspecified atom stereocenters. The molecule has 1 aliphatic heterocycles. The molecule has 1 saturated heterocycles. The summed E-state index contributed by atoms with van der Waals surface area (Å²) < 4.78 is 27.6. The maximum absolute atomic E-state index is 14.0. The van der Waals surface area contributed by atoms with Crippen LogP contribution in [-0.4, -0.2) is 26.6 Å². The molecule has 0 spiro atoms. The van der Waals surface area contributed by atoms with Crippen molar-refractivity contribution in [3.8, 4) is 0 Å². The van der Waals surface area contributed by atoms with Crippen LogP contribution in [0.25, 0.3) is 0 Å². The molecular formula is C26H23F2N5O3S. The number of hydrogen-bond acceptors (Lipinski definition) is 5. The smallest absolute Gasteiger partial charge is 0.269 e. The van der Waals surface area contributed by atoms with Gasteiger partial charge >= 0.3 is 0 Å². The van der Waals surface area contributed by atoms with E-state index in [2.05, 4.69) is 10.5 Å². The highest BCUT2D eigenvalue weighted by atomic mass is 32.1. The van der Waals surface area contributed by atoms with Crippen LogP contribution in [0, 0.1) is 27.7 Å². The second-order valence-corrected chi connectivity index (χ2v) is 9.09. The lowest BCUT2D eigenvalue weighted by molar-refractivity contribution is -0.384. The molecule has 0 saturated carbocycles. The number of carbonyl (C=O) groups is 1. The highest BCUT2D eigenvalue weighted by Crippen LogP contribution is 2.44. The number of amides is 1. The Hall–Kier alpha value is -4.25. The van der Waals surface area contributed by atoms with E-state index < -0.39 is 34.5 Å². The zero-order chi connectivity index (χ0) is 26.7. The van der Waals surface area contributed by atoms with Crippen LogP contribution in [-0.2, 0) is 0 Å². The molecule has 1 fully saturated rings. The normalized spacial score (nSPS) is 20.5. The third-order valence-electron chi connectivity index (χ3n) is 6.37. The molecule has 4 rings (SSSR count). The molecule has 0 radical (unpaired) electrons. The molecule has 1 aliphatic rings. The van der Waals surface area contributed by atoms with Crippen molar-refractivity contribution < 1.29 is 18.5 Å². The molecule has 3 N–H and O–H groups in total. The molecule has 0 aromatic heterocycles. The van der Waals surface area contributed by atoms with Gasteiger partial charge in [-0.1, -0.05) is 31.2 Å². The first-order chi connectivity index (χ1) is 17.7. The fourth-order valence-electron chi connectivity index (χ4n) is 4.59. The minimum absolute atomic E-state index is 0.0271. The zero-order valence-electron chi connectivity index (χ0n) is 19.7. The first kappa shape index (κ1) is 25.8. The van der Waals surface area contributed by atoms with Gasteiger partial charge in [-0.15, -0.1) is 0 Å². The number of non-ortho nitro benzene ring substituents is 1. The SMILES string of the molecule is CC1/C(=N/NC(N)=S)CC(c2ccc(F)cc2)N(C(=O)c2ccc([N+](=O)[O-])cc2)C1c1ccc(F)cc1. The van der Waals surface area contributed by atoms with Crippen molar-refractivity contribution in [2.24, 2.45) is 16.8 Å². The van der Waals surface area contributed by atoms with Gasteiger partial charge in [-0.25, -0.2) is 8.78 Å². The summed E-state index contributed by atoms with van der Waals surface area (Å²) in [5.74, 6) is -1.61. The summed E-state index contributed by atoms with van der Waals surface area (Å²) in [7, 11) is 0. The van der Waals surface area contributed by atoms with E-state index in [0.29, 0.717) is 16.8 Å². The Labute approximate surface area is 216 Å². The maximum Gasteiger partial charge on any atom is 0.269 e. The van der Waals surface area contributed by atoms with Crippen molar-refractivity contribution in [1.82, 2.24) is 10.3 Å². The van der Waals surface area contributed by atoms with Crippen molar-refractivity contribution in [2.75, 3.05) is 0 Å². The summed E-state index contributed by atoms with van der Waals surface area (Å²) in [6.45, 7) is 1.88. The van der Waals surface area contributed by atoms with Crippen LogP contribution in [0.5, 0.6) is 0 Å². The number of benzene rings is 3.